The van der Waals surface area contributed by atoms with Crippen LogP contribution in [-0.2, 0) is 6.42 Å². The smallest absolute Gasteiger partial charge is 0.0419 e. The van der Waals surface area contributed by atoms with E-state index in [1.165, 1.54) is 25.0 Å². The highest BCUT2D eigenvalue weighted by Gasteiger charge is 2.14. The summed E-state index contributed by atoms with van der Waals surface area (Å²) in [6.07, 6.45) is 6.75. The normalized spacial score (nSPS) is 12.9. The summed E-state index contributed by atoms with van der Waals surface area (Å²) in [5.41, 5.74) is 1.20. The van der Waals surface area contributed by atoms with Crippen LogP contribution in [0.4, 0.5) is 0 Å². The Kier molecular flexibility index (Phi) is 6.87. The van der Waals surface area contributed by atoms with Crippen LogP contribution in [0.2, 0.25) is 0 Å². The Balaban J connectivity index is 2.53. The number of rotatable bonds is 8. The number of likely N-dealkylation sites (N-methyl/N-ethyl adjacent to an activating group) is 1. The van der Waals surface area contributed by atoms with Gasteiger partial charge in [0, 0.05) is 24.4 Å². The van der Waals surface area contributed by atoms with Gasteiger partial charge in [-0.1, -0.05) is 39.7 Å². The lowest BCUT2D eigenvalue weighted by molar-refractivity contribution is 0.366. The van der Waals surface area contributed by atoms with Gasteiger partial charge in [-0.2, -0.15) is 0 Å². The monoisotopic (exact) mass is 234 g/mol. The zero-order valence-electron chi connectivity index (χ0n) is 11.4. The summed E-state index contributed by atoms with van der Waals surface area (Å²) in [6, 6.07) is 6.74. The highest BCUT2D eigenvalue weighted by molar-refractivity contribution is 5.05. The molecule has 1 rings (SSSR count). The number of hydrogen-bond acceptors (Lipinski definition) is 2. The molecule has 0 radical (unpaired) electrons. The van der Waals surface area contributed by atoms with Crippen molar-refractivity contribution in [3.8, 4) is 0 Å². The van der Waals surface area contributed by atoms with Gasteiger partial charge in [0.1, 0.15) is 0 Å². The number of nitrogens with zero attached hydrogens (tertiary/aromatic N) is 1. The molecule has 1 aromatic heterocycles. The van der Waals surface area contributed by atoms with Crippen LogP contribution in [0.3, 0.4) is 0 Å². The summed E-state index contributed by atoms with van der Waals surface area (Å²) >= 11 is 0. The first-order chi connectivity index (χ1) is 8.30. The number of nitrogens with one attached hydrogen (secondary N) is 1. The van der Waals surface area contributed by atoms with Gasteiger partial charge in [-0.15, -0.1) is 0 Å². The van der Waals surface area contributed by atoms with E-state index in [9.17, 15) is 0 Å². The van der Waals surface area contributed by atoms with Crippen LogP contribution in [0.15, 0.2) is 24.4 Å². The van der Waals surface area contributed by atoms with Crippen molar-refractivity contribution in [1.29, 1.82) is 0 Å². The highest BCUT2D eigenvalue weighted by atomic mass is 14.9. The van der Waals surface area contributed by atoms with Gasteiger partial charge in [-0.05, 0) is 31.0 Å². The van der Waals surface area contributed by atoms with Crippen molar-refractivity contribution in [2.75, 3.05) is 6.54 Å². The Morgan fingerprint density at radius 1 is 1.18 bits per heavy atom. The second-order valence-electron chi connectivity index (χ2n) is 4.70. The zero-order valence-corrected chi connectivity index (χ0v) is 11.4. The number of pyridine rings is 1. The minimum atomic E-state index is 0.569. The molecule has 1 atom stereocenters. The molecule has 0 bridgehead atoms. The zero-order chi connectivity index (χ0) is 12.5. The van der Waals surface area contributed by atoms with E-state index in [1.807, 2.05) is 12.3 Å². The third kappa shape index (κ3) is 5.31. The fourth-order valence-corrected chi connectivity index (χ4v) is 2.32. The first-order valence-corrected chi connectivity index (χ1v) is 6.93. The molecule has 0 fully saturated rings. The largest absolute Gasteiger partial charge is 0.314 e. The molecule has 0 spiro atoms. The van der Waals surface area contributed by atoms with E-state index in [0.717, 1.165) is 18.9 Å². The van der Waals surface area contributed by atoms with Crippen molar-refractivity contribution >= 4 is 0 Å². The fraction of sp³-hybridized carbons (Fsp3) is 0.667. The maximum Gasteiger partial charge on any atom is 0.0419 e. The van der Waals surface area contributed by atoms with Gasteiger partial charge < -0.3 is 5.32 Å². The van der Waals surface area contributed by atoms with Gasteiger partial charge in [0.05, 0.1) is 0 Å². The molecular weight excluding hydrogens is 208 g/mol. The lowest BCUT2D eigenvalue weighted by Crippen LogP contribution is -2.33. The molecule has 0 aliphatic carbocycles. The lowest BCUT2D eigenvalue weighted by Gasteiger charge is -2.22. The fourth-order valence-electron chi connectivity index (χ4n) is 2.32. The van der Waals surface area contributed by atoms with Crippen molar-refractivity contribution < 1.29 is 0 Å². The van der Waals surface area contributed by atoms with Crippen LogP contribution in [-0.4, -0.2) is 17.6 Å². The van der Waals surface area contributed by atoms with Gasteiger partial charge in [-0.25, -0.2) is 0 Å². The molecule has 0 amide bonds. The molecule has 0 aromatic carbocycles. The molecule has 0 saturated heterocycles. The van der Waals surface area contributed by atoms with E-state index >= 15 is 0 Å². The average Bonchev–Trinajstić information content (AvgIpc) is 2.37. The van der Waals surface area contributed by atoms with Gasteiger partial charge in [0.15, 0.2) is 0 Å². The molecule has 0 aliphatic heterocycles. The van der Waals surface area contributed by atoms with E-state index < -0.39 is 0 Å². The second kappa shape index (κ2) is 8.24. The maximum absolute atomic E-state index is 4.42. The third-order valence-corrected chi connectivity index (χ3v) is 3.45. The standard InChI is InChI=1S/C15H26N2/c1-4-13(5-2)11-15(16-6-3)12-14-9-7-8-10-17-14/h7-10,13,15-16H,4-6,11-12H2,1-3H3. The van der Waals surface area contributed by atoms with Gasteiger partial charge in [0.2, 0.25) is 0 Å². The SMILES string of the molecule is CCNC(Cc1ccccn1)CC(CC)CC. The van der Waals surface area contributed by atoms with Crippen molar-refractivity contribution in [2.45, 2.75) is 52.5 Å². The van der Waals surface area contributed by atoms with Crippen LogP contribution in [0, 0.1) is 5.92 Å². The highest BCUT2D eigenvalue weighted by Crippen LogP contribution is 2.17. The first kappa shape index (κ1) is 14.2. The maximum atomic E-state index is 4.42. The van der Waals surface area contributed by atoms with Crippen LogP contribution in [0.25, 0.3) is 0 Å². The minimum absolute atomic E-state index is 0.569. The molecule has 1 unspecified atom stereocenters. The minimum Gasteiger partial charge on any atom is -0.314 e. The summed E-state index contributed by atoms with van der Waals surface area (Å²) in [4.78, 5) is 4.42. The van der Waals surface area contributed by atoms with Gasteiger partial charge >= 0.3 is 0 Å². The third-order valence-electron chi connectivity index (χ3n) is 3.45. The van der Waals surface area contributed by atoms with Crippen molar-refractivity contribution in [2.24, 2.45) is 5.92 Å². The quantitative estimate of drug-likeness (QED) is 0.745. The summed E-state index contributed by atoms with van der Waals surface area (Å²) in [5, 5.41) is 3.59. The lowest BCUT2D eigenvalue weighted by atomic mass is 9.92. The van der Waals surface area contributed by atoms with Crippen molar-refractivity contribution in [3.63, 3.8) is 0 Å². The molecule has 1 N–H and O–H groups in total. The van der Waals surface area contributed by atoms with E-state index in [4.69, 9.17) is 0 Å². The molecule has 96 valence electrons. The van der Waals surface area contributed by atoms with Crippen LogP contribution in [0.1, 0.15) is 45.7 Å². The summed E-state index contributed by atoms with van der Waals surface area (Å²) < 4.78 is 0. The Bertz CT molecular complexity index is 280. The molecule has 1 aromatic rings. The number of aromatic nitrogens is 1. The number of hydrogen-bond donors (Lipinski definition) is 1. The van der Waals surface area contributed by atoms with Crippen LogP contribution < -0.4 is 5.32 Å². The Morgan fingerprint density at radius 3 is 2.47 bits per heavy atom. The van der Waals surface area contributed by atoms with Crippen molar-refractivity contribution in [1.82, 2.24) is 10.3 Å². The molecule has 0 saturated carbocycles. The average molecular weight is 234 g/mol. The molecule has 17 heavy (non-hydrogen) atoms. The van der Waals surface area contributed by atoms with E-state index in [-0.39, 0.29) is 0 Å². The molecular formula is C15H26N2. The summed E-state index contributed by atoms with van der Waals surface area (Å²) in [7, 11) is 0. The summed E-state index contributed by atoms with van der Waals surface area (Å²) in [5.74, 6) is 0.836. The molecule has 1 heterocycles. The van der Waals surface area contributed by atoms with Crippen molar-refractivity contribution in [3.05, 3.63) is 30.1 Å². The second-order valence-corrected chi connectivity index (χ2v) is 4.70. The van der Waals surface area contributed by atoms with Gasteiger partial charge in [0.25, 0.3) is 0 Å². The van der Waals surface area contributed by atoms with E-state index in [1.54, 1.807) is 0 Å². The first-order valence-electron chi connectivity index (χ1n) is 6.93. The predicted octanol–water partition coefficient (Wildman–Crippen LogP) is 3.43. The van der Waals surface area contributed by atoms with E-state index in [2.05, 4.69) is 43.2 Å². The van der Waals surface area contributed by atoms with Crippen LogP contribution >= 0.6 is 0 Å². The molecule has 0 aliphatic rings. The molecule has 2 heteroatoms. The Labute approximate surface area is 106 Å². The summed E-state index contributed by atoms with van der Waals surface area (Å²) in [6.45, 7) is 7.80. The van der Waals surface area contributed by atoms with E-state index in [0.29, 0.717) is 6.04 Å². The van der Waals surface area contributed by atoms with Crippen LogP contribution in [0.5, 0.6) is 0 Å². The molecule has 2 nitrogen and oxygen atoms in total. The topological polar surface area (TPSA) is 24.9 Å². The Hall–Kier alpha value is -0.890. The Morgan fingerprint density at radius 2 is 1.94 bits per heavy atom. The predicted molar refractivity (Wildman–Crippen MR) is 74.1 cm³/mol. The van der Waals surface area contributed by atoms with Gasteiger partial charge in [-0.3, -0.25) is 4.98 Å².